The third-order valence-corrected chi connectivity index (χ3v) is 6.28. The number of aliphatic carboxylic acids is 1. The zero-order chi connectivity index (χ0) is 24.0. The zero-order valence-corrected chi connectivity index (χ0v) is 18.5. The van der Waals surface area contributed by atoms with Crippen LogP contribution in [0.1, 0.15) is 18.1 Å². The maximum absolute atomic E-state index is 11.7. The Morgan fingerprint density at radius 2 is 1.42 bits per heavy atom. The van der Waals surface area contributed by atoms with Gasteiger partial charge < -0.3 is 10.0 Å². The molecule has 3 rings (SSSR count). The van der Waals surface area contributed by atoms with Gasteiger partial charge in [-0.2, -0.15) is 0 Å². The Labute approximate surface area is 191 Å². The zero-order valence-electron chi connectivity index (χ0n) is 18.5. The number of hydrogen-bond donors (Lipinski definition) is 1. The monoisotopic (exact) mass is 456 g/mol. The number of benzene rings is 2. The molecular formula is C23H28N4O6. The number of piperazine rings is 1. The average molecular weight is 456 g/mol. The van der Waals surface area contributed by atoms with Crippen molar-refractivity contribution in [3.63, 3.8) is 0 Å². The van der Waals surface area contributed by atoms with Crippen molar-refractivity contribution >= 4 is 17.3 Å². The van der Waals surface area contributed by atoms with Crippen molar-refractivity contribution in [2.75, 3.05) is 32.7 Å². The molecule has 1 fully saturated rings. The smallest absolute Gasteiger partial charge is 0.307 e. The molecule has 2 unspecified atom stereocenters. The molecule has 1 heterocycles. The van der Waals surface area contributed by atoms with Crippen LogP contribution < -0.4 is 0 Å². The summed E-state index contributed by atoms with van der Waals surface area (Å²) in [4.78, 5) is 37.0. The average Bonchev–Trinajstić information content (AvgIpc) is 2.81. The molecule has 0 aliphatic carbocycles. The highest BCUT2D eigenvalue weighted by atomic mass is 16.6. The Kier molecular flexibility index (Phi) is 8.07. The van der Waals surface area contributed by atoms with E-state index < -0.39 is 21.7 Å². The number of nitro groups is 2. The Hall–Kier alpha value is -3.37. The molecule has 0 amide bonds. The highest BCUT2D eigenvalue weighted by molar-refractivity contribution is 5.70. The van der Waals surface area contributed by atoms with Crippen LogP contribution in [0.2, 0.25) is 0 Å². The van der Waals surface area contributed by atoms with Gasteiger partial charge in [0.1, 0.15) is 0 Å². The Bertz CT molecular complexity index is 979. The molecule has 1 saturated heterocycles. The van der Waals surface area contributed by atoms with E-state index in [4.69, 9.17) is 0 Å². The fraction of sp³-hybridized carbons (Fsp3) is 0.435. The van der Waals surface area contributed by atoms with E-state index >= 15 is 0 Å². The number of non-ortho nitro benzene ring substituents is 2. The first-order chi connectivity index (χ1) is 15.7. The summed E-state index contributed by atoms with van der Waals surface area (Å²) >= 11 is 0. The van der Waals surface area contributed by atoms with Crippen LogP contribution in [0.3, 0.4) is 0 Å². The molecule has 2 atom stereocenters. The summed E-state index contributed by atoms with van der Waals surface area (Å²) in [7, 11) is 0. The van der Waals surface area contributed by atoms with Gasteiger partial charge in [-0.3, -0.25) is 29.9 Å². The fourth-order valence-electron chi connectivity index (χ4n) is 4.16. The molecule has 2 aromatic rings. The summed E-state index contributed by atoms with van der Waals surface area (Å²) in [5, 5.41) is 31.3. The van der Waals surface area contributed by atoms with Crippen LogP contribution in [-0.2, 0) is 17.6 Å². The van der Waals surface area contributed by atoms with Crippen LogP contribution in [0.15, 0.2) is 48.5 Å². The topological polar surface area (TPSA) is 130 Å². The number of carboxylic acids is 1. The lowest BCUT2D eigenvalue weighted by Gasteiger charge is -2.43. The molecule has 0 spiro atoms. The summed E-state index contributed by atoms with van der Waals surface area (Å²) in [6.45, 7) is 5.31. The first-order valence-corrected chi connectivity index (χ1v) is 10.9. The number of hydrogen-bond acceptors (Lipinski definition) is 7. The van der Waals surface area contributed by atoms with Gasteiger partial charge >= 0.3 is 5.97 Å². The number of nitro benzene ring substituents is 2. The van der Waals surface area contributed by atoms with Crippen LogP contribution >= 0.6 is 0 Å². The fourth-order valence-corrected chi connectivity index (χ4v) is 4.16. The lowest BCUT2D eigenvalue weighted by Crippen LogP contribution is -2.57. The van der Waals surface area contributed by atoms with E-state index in [0.29, 0.717) is 19.5 Å². The standard InChI is InChI=1S/C23H28N4O6/c1-17(23(28)29)22-16-24(12-10-18-2-6-20(7-3-18)26(30)31)14-15-25(22)13-11-19-4-8-21(9-5-19)27(32)33/h2-9,17,22H,10-16H2,1H3,(H,28,29). The van der Waals surface area contributed by atoms with Crippen molar-refractivity contribution in [1.29, 1.82) is 0 Å². The van der Waals surface area contributed by atoms with Crippen LogP contribution in [-0.4, -0.2) is 69.5 Å². The predicted molar refractivity (Wildman–Crippen MR) is 122 cm³/mol. The quantitative estimate of drug-likeness (QED) is 0.426. The number of carboxylic acid groups (broad SMARTS) is 1. The number of rotatable bonds is 10. The van der Waals surface area contributed by atoms with Gasteiger partial charge in [-0.15, -0.1) is 0 Å². The Balaban J connectivity index is 1.58. The van der Waals surface area contributed by atoms with E-state index in [2.05, 4.69) is 9.80 Å². The van der Waals surface area contributed by atoms with Crippen molar-refractivity contribution in [1.82, 2.24) is 9.80 Å². The minimum Gasteiger partial charge on any atom is -0.481 e. The molecule has 2 aromatic carbocycles. The van der Waals surface area contributed by atoms with Gasteiger partial charge in [0.25, 0.3) is 11.4 Å². The van der Waals surface area contributed by atoms with Crippen LogP contribution in [0, 0.1) is 26.1 Å². The molecule has 0 bridgehead atoms. The van der Waals surface area contributed by atoms with Gasteiger partial charge in [0.05, 0.1) is 15.8 Å². The van der Waals surface area contributed by atoms with Crippen molar-refractivity contribution in [2.45, 2.75) is 25.8 Å². The van der Waals surface area contributed by atoms with Crippen molar-refractivity contribution in [2.24, 2.45) is 5.92 Å². The van der Waals surface area contributed by atoms with Crippen molar-refractivity contribution in [3.05, 3.63) is 79.9 Å². The molecule has 0 radical (unpaired) electrons. The van der Waals surface area contributed by atoms with Gasteiger partial charge in [0.2, 0.25) is 0 Å². The number of carbonyl (C=O) groups is 1. The lowest BCUT2D eigenvalue weighted by molar-refractivity contribution is -0.385. The van der Waals surface area contributed by atoms with E-state index in [1.165, 1.54) is 24.3 Å². The first kappa shape index (κ1) is 24.3. The SMILES string of the molecule is CC(C(=O)O)C1CN(CCc2ccc([N+](=O)[O-])cc2)CCN1CCc1ccc([N+](=O)[O-])cc1. The summed E-state index contributed by atoms with van der Waals surface area (Å²) in [6, 6.07) is 12.8. The van der Waals surface area contributed by atoms with Gasteiger partial charge in [-0.25, -0.2) is 0 Å². The van der Waals surface area contributed by atoms with Gasteiger partial charge in [-0.1, -0.05) is 31.2 Å². The minimum absolute atomic E-state index is 0.0535. The predicted octanol–water partition coefficient (Wildman–Crippen LogP) is 3.00. The maximum Gasteiger partial charge on any atom is 0.307 e. The molecule has 1 N–H and O–H groups in total. The normalized spacial score (nSPS) is 18.0. The van der Waals surface area contributed by atoms with Crippen molar-refractivity contribution < 1.29 is 19.7 Å². The molecule has 1 aliphatic heterocycles. The molecule has 176 valence electrons. The summed E-state index contributed by atoms with van der Waals surface area (Å²) in [5.41, 5.74) is 2.10. The summed E-state index contributed by atoms with van der Waals surface area (Å²) < 4.78 is 0. The van der Waals surface area contributed by atoms with Crippen LogP contribution in [0.4, 0.5) is 11.4 Å². The Morgan fingerprint density at radius 3 is 1.88 bits per heavy atom. The van der Waals surface area contributed by atoms with Crippen LogP contribution in [0.25, 0.3) is 0 Å². The lowest BCUT2D eigenvalue weighted by atomic mass is 9.96. The second-order valence-corrected chi connectivity index (χ2v) is 8.38. The molecule has 0 saturated carbocycles. The molecular weight excluding hydrogens is 428 g/mol. The molecule has 1 aliphatic rings. The second-order valence-electron chi connectivity index (χ2n) is 8.38. The van der Waals surface area contributed by atoms with Gasteiger partial charge in [0.15, 0.2) is 0 Å². The Morgan fingerprint density at radius 1 is 0.939 bits per heavy atom. The van der Waals surface area contributed by atoms with E-state index in [1.54, 1.807) is 31.2 Å². The van der Waals surface area contributed by atoms with E-state index in [9.17, 15) is 30.1 Å². The third-order valence-electron chi connectivity index (χ3n) is 6.28. The summed E-state index contributed by atoms with van der Waals surface area (Å²) in [5.74, 6) is -1.37. The van der Waals surface area contributed by atoms with Gasteiger partial charge in [0, 0.05) is 63.0 Å². The van der Waals surface area contributed by atoms with Crippen LogP contribution in [0.5, 0.6) is 0 Å². The molecule has 0 aromatic heterocycles. The molecule has 10 nitrogen and oxygen atoms in total. The molecule has 33 heavy (non-hydrogen) atoms. The summed E-state index contributed by atoms with van der Waals surface area (Å²) in [6.07, 6.45) is 1.42. The van der Waals surface area contributed by atoms with E-state index in [-0.39, 0.29) is 17.4 Å². The first-order valence-electron chi connectivity index (χ1n) is 10.9. The largest absolute Gasteiger partial charge is 0.481 e. The molecule has 10 heteroatoms. The van der Waals surface area contributed by atoms with Gasteiger partial charge in [-0.05, 0) is 24.0 Å². The third kappa shape index (κ3) is 6.56. The van der Waals surface area contributed by atoms with E-state index in [1.807, 2.05) is 0 Å². The second kappa shape index (κ2) is 11.0. The highest BCUT2D eigenvalue weighted by Crippen LogP contribution is 2.20. The van der Waals surface area contributed by atoms with Crippen molar-refractivity contribution in [3.8, 4) is 0 Å². The maximum atomic E-state index is 11.7. The highest BCUT2D eigenvalue weighted by Gasteiger charge is 2.34. The van der Waals surface area contributed by atoms with E-state index in [0.717, 1.165) is 37.2 Å². The minimum atomic E-state index is -0.836. The number of nitrogens with zero attached hydrogens (tertiary/aromatic N) is 4.